The average molecular weight is 258 g/mol. The van der Waals surface area contributed by atoms with Crippen molar-refractivity contribution in [3.63, 3.8) is 0 Å². The smallest absolute Gasteiger partial charge is 0.165 e. The molecule has 1 saturated heterocycles. The fraction of sp³-hybridized carbons (Fsp3) is 0.562. The molecule has 102 valence electrons. The molecule has 0 bridgehead atoms. The summed E-state index contributed by atoms with van der Waals surface area (Å²) in [6.07, 6.45) is 4.15. The Hall–Kier alpha value is -1.35. The van der Waals surface area contributed by atoms with E-state index in [-0.39, 0.29) is 0 Å². The fourth-order valence-corrected chi connectivity index (χ4v) is 3.25. The second-order valence-electron chi connectivity index (χ2n) is 5.97. The summed E-state index contributed by atoms with van der Waals surface area (Å²) < 4.78 is 2.41. The number of hydrogen-bond acceptors (Lipinski definition) is 1. The summed E-state index contributed by atoms with van der Waals surface area (Å²) in [5.74, 6) is 1.26. The fourth-order valence-electron chi connectivity index (χ4n) is 3.25. The molecule has 3 rings (SSSR count). The molecule has 1 aliphatic rings. The molecule has 0 unspecified atom stereocenters. The number of rotatable bonds is 3. The summed E-state index contributed by atoms with van der Waals surface area (Å²) in [5, 5.41) is 0. The Morgan fingerprint density at radius 1 is 1.16 bits per heavy atom. The van der Waals surface area contributed by atoms with Gasteiger partial charge < -0.3 is 9.47 Å². The van der Waals surface area contributed by atoms with Crippen LogP contribution < -0.4 is 4.90 Å². The highest BCUT2D eigenvalue weighted by molar-refractivity contribution is 5.76. The third kappa shape index (κ3) is 2.52. The van der Waals surface area contributed by atoms with Crippen LogP contribution >= 0.6 is 0 Å². The first-order valence-corrected chi connectivity index (χ1v) is 7.55. The molecule has 0 radical (unpaired) electrons. The van der Waals surface area contributed by atoms with Crippen molar-refractivity contribution in [2.45, 2.75) is 45.7 Å². The van der Waals surface area contributed by atoms with Crippen molar-refractivity contribution in [1.29, 1.82) is 0 Å². The third-order valence-electron chi connectivity index (χ3n) is 4.15. The number of piperidine rings is 1. The van der Waals surface area contributed by atoms with Crippen molar-refractivity contribution in [3.05, 3.63) is 30.1 Å². The number of quaternary nitrogens is 1. The van der Waals surface area contributed by atoms with Crippen molar-refractivity contribution in [1.82, 2.24) is 9.55 Å². The van der Waals surface area contributed by atoms with Crippen LogP contribution in [0.3, 0.4) is 0 Å². The predicted molar refractivity (Wildman–Crippen MR) is 78.4 cm³/mol. The number of imidazole rings is 1. The van der Waals surface area contributed by atoms with E-state index in [1.807, 2.05) is 0 Å². The maximum absolute atomic E-state index is 4.87. The van der Waals surface area contributed by atoms with Crippen LogP contribution in [-0.2, 0) is 6.54 Å². The van der Waals surface area contributed by atoms with Crippen LogP contribution in [0.25, 0.3) is 11.0 Å². The SMILES string of the molecule is CC(C)n1c(C[NH+]2CCCCC2)nc2ccccc21. The first kappa shape index (κ1) is 12.7. The number of para-hydroxylation sites is 2. The van der Waals surface area contributed by atoms with Crippen molar-refractivity contribution in [2.75, 3.05) is 13.1 Å². The topological polar surface area (TPSA) is 22.3 Å². The van der Waals surface area contributed by atoms with Gasteiger partial charge in [-0.3, -0.25) is 0 Å². The van der Waals surface area contributed by atoms with Crippen molar-refractivity contribution in [3.8, 4) is 0 Å². The van der Waals surface area contributed by atoms with Crippen LogP contribution in [0.15, 0.2) is 24.3 Å². The van der Waals surface area contributed by atoms with Gasteiger partial charge in [-0.1, -0.05) is 12.1 Å². The summed E-state index contributed by atoms with van der Waals surface area (Å²) in [4.78, 5) is 6.57. The van der Waals surface area contributed by atoms with Gasteiger partial charge in [-0.25, -0.2) is 4.98 Å². The first-order chi connectivity index (χ1) is 9.25. The van der Waals surface area contributed by atoms with Gasteiger partial charge in [0.15, 0.2) is 5.82 Å². The molecule has 2 heterocycles. The minimum absolute atomic E-state index is 0.478. The Labute approximate surface area is 115 Å². The normalized spacial score (nSPS) is 17.4. The summed E-state index contributed by atoms with van der Waals surface area (Å²) in [6, 6.07) is 8.99. The number of fused-ring (bicyclic) bond motifs is 1. The molecule has 1 aliphatic heterocycles. The molecule has 3 nitrogen and oxygen atoms in total. The summed E-state index contributed by atoms with van der Waals surface area (Å²) >= 11 is 0. The van der Waals surface area contributed by atoms with Crippen LogP contribution in [0.1, 0.15) is 45.0 Å². The summed E-state index contributed by atoms with van der Waals surface area (Å²) in [5.41, 5.74) is 2.42. The lowest BCUT2D eigenvalue weighted by Gasteiger charge is -2.24. The molecule has 0 aliphatic carbocycles. The second kappa shape index (κ2) is 5.33. The number of nitrogens with one attached hydrogen (secondary N) is 1. The van der Waals surface area contributed by atoms with Gasteiger partial charge in [0.05, 0.1) is 24.1 Å². The molecule has 1 aromatic heterocycles. The standard InChI is InChI=1S/C16H23N3/c1-13(2)19-15-9-5-4-8-14(15)17-16(19)12-18-10-6-3-7-11-18/h4-5,8-9,13H,3,6-7,10-12H2,1-2H3/p+1. The van der Waals surface area contributed by atoms with Crippen LogP contribution in [0, 0.1) is 0 Å². The van der Waals surface area contributed by atoms with E-state index in [9.17, 15) is 0 Å². The van der Waals surface area contributed by atoms with E-state index in [0.717, 1.165) is 12.1 Å². The second-order valence-corrected chi connectivity index (χ2v) is 5.97. The average Bonchev–Trinajstić information content (AvgIpc) is 2.77. The zero-order valence-electron chi connectivity index (χ0n) is 12.0. The molecule has 0 spiro atoms. The zero-order chi connectivity index (χ0) is 13.2. The van der Waals surface area contributed by atoms with E-state index in [1.54, 1.807) is 4.90 Å². The number of benzene rings is 1. The molecule has 0 amide bonds. The predicted octanol–water partition coefficient (Wildman–Crippen LogP) is 2.19. The summed E-state index contributed by atoms with van der Waals surface area (Å²) in [6.45, 7) is 8.20. The lowest BCUT2D eigenvalue weighted by molar-refractivity contribution is -0.919. The first-order valence-electron chi connectivity index (χ1n) is 7.55. The summed E-state index contributed by atoms with van der Waals surface area (Å²) in [7, 11) is 0. The van der Waals surface area contributed by atoms with Crippen molar-refractivity contribution in [2.24, 2.45) is 0 Å². The molecule has 1 aromatic carbocycles. The van der Waals surface area contributed by atoms with Crippen LogP contribution in [0.5, 0.6) is 0 Å². The molecule has 19 heavy (non-hydrogen) atoms. The lowest BCUT2D eigenvalue weighted by atomic mass is 10.1. The van der Waals surface area contributed by atoms with Crippen LogP contribution in [0.4, 0.5) is 0 Å². The number of hydrogen-bond donors (Lipinski definition) is 1. The van der Waals surface area contributed by atoms with Gasteiger partial charge in [0.1, 0.15) is 6.54 Å². The molecule has 1 N–H and O–H groups in total. The van der Waals surface area contributed by atoms with Crippen molar-refractivity contribution < 1.29 is 4.90 Å². The Morgan fingerprint density at radius 3 is 2.63 bits per heavy atom. The molecule has 2 aromatic rings. The van der Waals surface area contributed by atoms with E-state index in [1.165, 1.54) is 43.7 Å². The van der Waals surface area contributed by atoms with Gasteiger partial charge in [-0.05, 0) is 45.2 Å². The minimum atomic E-state index is 0.478. The Morgan fingerprint density at radius 2 is 1.89 bits per heavy atom. The van der Waals surface area contributed by atoms with Gasteiger partial charge >= 0.3 is 0 Å². The van der Waals surface area contributed by atoms with Gasteiger partial charge in [0.2, 0.25) is 0 Å². The molecule has 3 heteroatoms. The number of nitrogens with zero attached hydrogens (tertiary/aromatic N) is 2. The van der Waals surface area contributed by atoms with Crippen LogP contribution in [0.2, 0.25) is 0 Å². The maximum atomic E-state index is 4.87. The molecule has 1 fully saturated rings. The molecular formula is C16H24N3+. The quantitative estimate of drug-likeness (QED) is 0.896. The van der Waals surface area contributed by atoms with Gasteiger partial charge in [0, 0.05) is 6.04 Å². The molecule has 0 atom stereocenters. The third-order valence-corrected chi connectivity index (χ3v) is 4.15. The molecule has 0 saturated carbocycles. The Balaban J connectivity index is 1.95. The molecular weight excluding hydrogens is 234 g/mol. The van der Waals surface area contributed by atoms with E-state index in [0.29, 0.717) is 6.04 Å². The highest BCUT2D eigenvalue weighted by Gasteiger charge is 2.19. The van der Waals surface area contributed by atoms with E-state index in [2.05, 4.69) is 42.7 Å². The van der Waals surface area contributed by atoms with Crippen LogP contribution in [-0.4, -0.2) is 22.6 Å². The lowest BCUT2D eigenvalue weighted by Crippen LogP contribution is -3.11. The monoisotopic (exact) mass is 258 g/mol. The van der Waals surface area contributed by atoms with Gasteiger partial charge in [-0.15, -0.1) is 0 Å². The Bertz CT molecular complexity index is 550. The largest absolute Gasteiger partial charge is 0.329 e. The zero-order valence-corrected chi connectivity index (χ0v) is 12.0. The van der Waals surface area contributed by atoms with Crippen molar-refractivity contribution >= 4 is 11.0 Å². The minimum Gasteiger partial charge on any atom is -0.329 e. The van der Waals surface area contributed by atoms with Gasteiger partial charge in [0.25, 0.3) is 0 Å². The van der Waals surface area contributed by atoms with Gasteiger partial charge in [-0.2, -0.15) is 0 Å². The van der Waals surface area contributed by atoms with E-state index in [4.69, 9.17) is 4.98 Å². The van der Waals surface area contributed by atoms with E-state index >= 15 is 0 Å². The highest BCUT2D eigenvalue weighted by atomic mass is 15.2. The maximum Gasteiger partial charge on any atom is 0.165 e. The number of aromatic nitrogens is 2. The number of likely N-dealkylation sites (tertiary alicyclic amines) is 1. The Kier molecular flexibility index (Phi) is 3.56. The highest BCUT2D eigenvalue weighted by Crippen LogP contribution is 2.20. The van der Waals surface area contributed by atoms with E-state index < -0.39 is 0 Å².